The number of hydrogen-bond donors (Lipinski definition) is 0. The average Bonchev–Trinajstić information content (AvgIpc) is 3.32. The molecule has 2 atom stereocenters. The molecule has 6 heteroatoms. The van der Waals surface area contributed by atoms with Gasteiger partial charge in [-0.1, -0.05) is 30.3 Å². The molecule has 0 bridgehead atoms. The summed E-state index contributed by atoms with van der Waals surface area (Å²) in [6.45, 7) is 10.8. The number of hydrogen-bond acceptors (Lipinski definition) is 4. The molecule has 0 aromatic heterocycles. The van der Waals surface area contributed by atoms with Gasteiger partial charge in [-0.05, 0) is 46.7 Å². The summed E-state index contributed by atoms with van der Waals surface area (Å²) < 4.78 is 5.66. The third-order valence-corrected chi connectivity index (χ3v) is 5.79. The lowest BCUT2D eigenvalue weighted by atomic mass is 10.1. The van der Waals surface area contributed by atoms with Gasteiger partial charge in [0.2, 0.25) is 5.91 Å². The number of amides is 2. The van der Waals surface area contributed by atoms with E-state index in [2.05, 4.69) is 31.0 Å². The highest BCUT2D eigenvalue weighted by atomic mass is 16.6. The lowest BCUT2D eigenvalue weighted by Crippen LogP contribution is -2.53. The van der Waals surface area contributed by atoms with E-state index in [4.69, 9.17) is 4.74 Å². The van der Waals surface area contributed by atoms with Crippen molar-refractivity contribution in [2.75, 3.05) is 39.8 Å². The normalized spacial score (nSPS) is 25.3. The van der Waals surface area contributed by atoms with Crippen molar-refractivity contribution in [3.8, 4) is 0 Å². The Balaban J connectivity index is 1.76. The summed E-state index contributed by atoms with van der Waals surface area (Å²) >= 11 is 0. The molecule has 2 aliphatic rings. The van der Waals surface area contributed by atoms with Gasteiger partial charge in [-0.2, -0.15) is 0 Å². The van der Waals surface area contributed by atoms with Crippen LogP contribution in [0.25, 0.3) is 0 Å². The Morgan fingerprint density at radius 2 is 1.75 bits per heavy atom. The molecular weight excluding hydrogens is 354 g/mol. The Morgan fingerprint density at radius 3 is 2.32 bits per heavy atom. The van der Waals surface area contributed by atoms with Crippen LogP contribution < -0.4 is 0 Å². The molecule has 1 saturated carbocycles. The van der Waals surface area contributed by atoms with Crippen LogP contribution in [-0.4, -0.2) is 77.6 Å². The Kier molecular flexibility index (Phi) is 5.71. The van der Waals surface area contributed by atoms with Crippen LogP contribution in [-0.2, 0) is 9.53 Å². The molecule has 0 unspecified atom stereocenters. The maximum Gasteiger partial charge on any atom is 0.411 e. The number of rotatable bonds is 4. The highest BCUT2D eigenvalue weighted by molar-refractivity contribution is 5.83. The van der Waals surface area contributed by atoms with Crippen LogP contribution in [0.5, 0.6) is 0 Å². The van der Waals surface area contributed by atoms with Crippen LogP contribution in [0.3, 0.4) is 0 Å². The van der Waals surface area contributed by atoms with E-state index in [0.29, 0.717) is 13.1 Å². The van der Waals surface area contributed by atoms with Crippen LogP contribution in [0, 0.1) is 0 Å². The molecule has 0 radical (unpaired) electrons. The molecule has 3 rings (SSSR count). The largest absolute Gasteiger partial charge is 0.444 e. The van der Waals surface area contributed by atoms with E-state index in [1.807, 2.05) is 43.9 Å². The summed E-state index contributed by atoms with van der Waals surface area (Å²) in [6.07, 6.45) is 0.433. The molecule has 6 nitrogen and oxygen atoms in total. The molecule has 28 heavy (non-hydrogen) atoms. The van der Waals surface area contributed by atoms with Crippen LogP contribution >= 0.6 is 0 Å². The molecule has 2 fully saturated rings. The van der Waals surface area contributed by atoms with Crippen molar-refractivity contribution in [1.29, 1.82) is 0 Å². The van der Waals surface area contributed by atoms with Crippen LogP contribution in [0.4, 0.5) is 4.79 Å². The van der Waals surface area contributed by atoms with Gasteiger partial charge in [-0.3, -0.25) is 9.69 Å². The molecule has 154 valence electrons. The summed E-state index contributed by atoms with van der Waals surface area (Å²) in [5.74, 6) is 0.223. The standard InChI is InChI=1S/C22H33N3O3/c1-21(2,3)28-20(27)25(16-19(26)24-13-11-23(5)12-14-24)22(4)15-18(22)17-9-7-6-8-10-17/h6-10,18H,11-16H2,1-5H3/t18-,22+/m1/s1. The van der Waals surface area contributed by atoms with Gasteiger partial charge in [0.05, 0.1) is 5.54 Å². The fraction of sp³-hybridized carbons (Fsp3) is 0.636. The summed E-state index contributed by atoms with van der Waals surface area (Å²) in [6, 6.07) is 10.2. The van der Waals surface area contributed by atoms with E-state index < -0.39 is 17.2 Å². The van der Waals surface area contributed by atoms with Gasteiger partial charge in [0.15, 0.2) is 0 Å². The number of carbonyl (C=O) groups excluding carboxylic acids is 2. The van der Waals surface area contributed by atoms with Crippen molar-refractivity contribution in [3.63, 3.8) is 0 Å². The lowest BCUT2D eigenvalue weighted by molar-refractivity contribution is -0.134. The third kappa shape index (κ3) is 4.66. The van der Waals surface area contributed by atoms with E-state index in [-0.39, 0.29) is 18.4 Å². The van der Waals surface area contributed by atoms with E-state index in [1.54, 1.807) is 4.90 Å². The van der Waals surface area contributed by atoms with Crippen molar-refractivity contribution >= 4 is 12.0 Å². The first-order valence-corrected chi connectivity index (χ1v) is 10.1. The summed E-state index contributed by atoms with van der Waals surface area (Å²) in [4.78, 5) is 31.7. The monoisotopic (exact) mass is 387 g/mol. The third-order valence-electron chi connectivity index (χ3n) is 5.79. The number of nitrogens with zero attached hydrogens (tertiary/aromatic N) is 3. The fourth-order valence-electron chi connectivity index (χ4n) is 3.88. The number of ether oxygens (including phenoxy) is 1. The molecule has 1 aromatic rings. The zero-order valence-electron chi connectivity index (χ0n) is 17.8. The molecule has 1 aliphatic carbocycles. The Morgan fingerprint density at radius 1 is 1.14 bits per heavy atom. The zero-order valence-corrected chi connectivity index (χ0v) is 17.8. The maximum atomic E-state index is 13.0. The lowest BCUT2D eigenvalue weighted by Gasteiger charge is -2.36. The van der Waals surface area contributed by atoms with Gasteiger partial charge in [0, 0.05) is 32.1 Å². The molecule has 0 spiro atoms. The van der Waals surface area contributed by atoms with Crippen LogP contribution in [0.15, 0.2) is 30.3 Å². The predicted octanol–water partition coefficient (Wildman–Crippen LogP) is 2.94. The molecule has 0 N–H and O–H groups in total. The van der Waals surface area contributed by atoms with Gasteiger partial charge >= 0.3 is 6.09 Å². The van der Waals surface area contributed by atoms with Gasteiger partial charge in [-0.15, -0.1) is 0 Å². The zero-order chi connectivity index (χ0) is 20.5. The second kappa shape index (κ2) is 7.74. The number of benzene rings is 1. The minimum Gasteiger partial charge on any atom is -0.444 e. The quantitative estimate of drug-likeness (QED) is 0.797. The van der Waals surface area contributed by atoms with Crippen molar-refractivity contribution in [2.45, 2.75) is 51.2 Å². The first-order chi connectivity index (χ1) is 13.1. The highest BCUT2D eigenvalue weighted by Gasteiger charge is 2.58. The van der Waals surface area contributed by atoms with Gasteiger partial charge < -0.3 is 14.5 Å². The van der Waals surface area contributed by atoms with Crippen LogP contribution in [0.2, 0.25) is 0 Å². The number of carbonyl (C=O) groups is 2. The van der Waals surface area contributed by atoms with Crippen molar-refractivity contribution < 1.29 is 14.3 Å². The van der Waals surface area contributed by atoms with Crippen LogP contribution in [0.1, 0.15) is 45.6 Å². The van der Waals surface area contributed by atoms with E-state index >= 15 is 0 Å². The topological polar surface area (TPSA) is 53.1 Å². The maximum absolute atomic E-state index is 13.0. The minimum absolute atomic E-state index is 0.00102. The van der Waals surface area contributed by atoms with Gasteiger partial charge in [0.25, 0.3) is 0 Å². The first kappa shape index (κ1) is 20.6. The Labute approximate surface area is 168 Å². The van der Waals surface area contributed by atoms with E-state index in [1.165, 1.54) is 5.56 Å². The summed E-state index contributed by atoms with van der Waals surface area (Å²) in [5, 5.41) is 0. The van der Waals surface area contributed by atoms with Gasteiger partial charge in [-0.25, -0.2) is 4.79 Å². The SMILES string of the molecule is CN1CCN(C(=O)CN(C(=O)OC(C)(C)C)[C@@]2(C)C[C@@H]2c2ccccc2)CC1. The van der Waals surface area contributed by atoms with Gasteiger partial charge in [0.1, 0.15) is 12.1 Å². The Hall–Kier alpha value is -2.08. The molecule has 1 heterocycles. The molecule has 1 aromatic carbocycles. The molecule has 2 amide bonds. The highest BCUT2D eigenvalue weighted by Crippen LogP contribution is 2.55. The first-order valence-electron chi connectivity index (χ1n) is 10.1. The fourth-order valence-corrected chi connectivity index (χ4v) is 3.88. The molecular formula is C22H33N3O3. The Bertz CT molecular complexity index is 707. The summed E-state index contributed by atoms with van der Waals surface area (Å²) in [7, 11) is 2.06. The minimum atomic E-state index is -0.598. The average molecular weight is 388 g/mol. The van der Waals surface area contributed by atoms with Crippen molar-refractivity contribution in [3.05, 3.63) is 35.9 Å². The second-order valence-electron chi connectivity index (χ2n) is 9.28. The smallest absolute Gasteiger partial charge is 0.411 e. The van der Waals surface area contributed by atoms with E-state index in [9.17, 15) is 9.59 Å². The summed E-state index contributed by atoms with van der Waals surface area (Å²) in [5.41, 5.74) is 0.205. The van der Waals surface area contributed by atoms with Crippen molar-refractivity contribution in [2.24, 2.45) is 0 Å². The predicted molar refractivity (Wildman–Crippen MR) is 109 cm³/mol. The number of piperazine rings is 1. The molecule has 1 saturated heterocycles. The number of likely N-dealkylation sites (N-methyl/N-ethyl adjacent to an activating group) is 1. The van der Waals surface area contributed by atoms with Crippen molar-refractivity contribution in [1.82, 2.24) is 14.7 Å². The molecule has 1 aliphatic heterocycles. The second-order valence-corrected chi connectivity index (χ2v) is 9.28. The van der Waals surface area contributed by atoms with E-state index in [0.717, 1.165) is 19.5 Å².